The Morgan fingerprint density at radius 2 is 0.217 bits per heavy atom. The molecule has 0 aliphatic heterocycles. The van der Waals surface area contributed by atoms with Gasteiger partial charge in [-0.1, -0.05) is 0 Å². The Morgan fingerprint density at radius 3 is 0.217 bits per heavy atom. The van der Waals surface area contributed by atoms with E-state index < -0.39 is 19.4 Å². The van der Waals surface area contributed by atoms with Gasteiger partial charge >= 0.3 is 233 Å². The maximum absolute atomic E-state index is 5.15. The van der Waals surface area contributed by atoms with E-state index in [2.05, 4.69) is 0 Å². The average molecular weight is 1150 g/mol. The fourth-order valence-electron chi connectivity index (χ4n) is 0. The summed E-state index contributed by atoms with van der Waals surface area (Å²) >= 11 is 0. The predicted molar refractivity (Wildman–Crippen MR) is 105 cm³/mol. The van der Waals surface area contributed by atoms with Gasteiger partial charge in [-0.2, -0.15) is 0 Å². The van der Waals surface area contributed by atoms with E-state index in [9.17, 15) is 0 Å². The molecule has 0 saturated carbocycles. The fourth-order valence-corrected chi connectivity index (χ4v) is 0. The van der Waals surface area contributed by atoms with Crippen LogP contribution in [0.3, 0.4) is 0 Å². The first kappa shape index (κ1) is 41.6. The summed E-state index contributed by atoms with van der Waals surface area (Å²) in [5, 5.41) is 0. The molecule has 171 valence electrons. The topological polar surface area (TPSA) is 0 Å². The van der Waals surface area contributed by atoms with Crippen molar-refractivity contribution in [1.29, 1.82) is 0 Å². The average Bonchev–Trinajstić information content (AvgIpc) is 1.19. The van der Waals surface area contributed by atoms with Crippen LogP contribution in [0.15, 0.2) is 0 Å². The second kappa shape index (κ2) is 9.18. The second-order valence-electron chi connectivity index (χ2n) is 2.14. The van der Waals surface area contributed by atoms with Gasteiger partial charge in [-0.05, 0) is 0 Å². The molecule has 0 radical (unpaired) electrons. The minimum atomic E-state index is -5.15. The zero-order chi connectivity index (χ0) is 19.2. The summed E-state index contributed by atoms with van der Waals surface area (Å²) in [7, 11) is 90.7. The number of hydrogen-bond acceptors (Lipinski definition) is 0. The summed E-state index contributed by atoms with van der Waals surface area (Å²) in [6.45, 7) is -15.4. The van der Waals surface area contributed by atoms with Crippen LogP contribution in [-0.4, -0.2) is 0 Å². The second-order valence-corrected chi connectivity index (χ2v) is 114. The fraction of sp³-hybridized carbons (Fsp3) is 0. The molecule has 0 aliphatic carbocycles. The molecule has 0 atom stereocenters. The summed E-state index contributed by atoms with van der Waals surface area (Å²) in [4.78, 5) is 0. The van der Waals surface area contributed by atoms with Crippen molar-refractivity contribution in [2.75, 3.05) is 0 Å². The Kier molecular flexibility index (Phi) is 16.6. The van der Waals surface area contributed by atoms with Gasteiger partial charge in [0, 0.05) is 0 Å². The van der Waals surface area contributed by atoms with Gasteiger partial charge in [0.15, 0.2) is 0 Å². The van der Waals surface area contributed by atoms with Gasteiger partial charge in [0.1, 0.15) is 0 Å². The molecule has 0 amide bonds. The molecule has 0 fully saturated rings. The molecule has 0 aromatic rings. The van der Waals surface area contributed by atoms with E-state index in [0.29, 0.717) is 0 Å². The van der Waals surface area contributed by atoms with E-state index in [1.165, 1.54) is 0 Å². The molecule has 0 N–H and O–H groups in total. The molecule has 23 heavy (non-hydrogen) atoms. The number of hydrogen-bond donors (Lipinski definition) is 0. The Hall–Kier alpha value is 8.34. The molecule has 0 aliphatic rings. The van der Waals surface area contributed by atoms with E-state index in [1.807, 2.05) is 0 Å². The van der Waals surface area contributed by atoms with E-state index in [4.69, 9.17) is 174 Å². The van der Waals surface area contributed by atoms with E-state index in [0.717, 1.165) is 0 Å². The first-order chi connectivity index (χ1) is 7.35. The van der Waals surface area contributed by atoms with Gasteiger partial charge in [0.25, 0.3) is 0 Å². The third kappa shape index (κ3) is 350. The molecule has 0 aromatic carbocycles. The molecule has 0 nitrogen and oxygen atoms in total. The maximum atomic E-state index is 5.04. The van der Waals surface area contributed by atoms with Crippen LogP contribution < -0.4 is 0 Å². The zero-order valence-corrected chi connectivity index (χ0v) is 30.3. The minimum absolute atomic E-state index is 0. The van der Waals surface area contributed by atoms with Gasteiger partial charge < -0.3 is 0 Å². The van der Waals surface area contributed by atoms with Crippen LogP contribution in [0.2, 0.25) is 0 Å². The molecule has 0 heterocycles. The molecule has 23 heteroatoms. The van der Waals surface area contributed by atoms with Crippen LogP contribution in [0, 0.1) is 0 Å². The third-order valence-corrected chi connectivity index (χ3v) is 0. The Balaban J connectivity index is -0.0000000675. The van der Waals surface area contributed by atoms with Crippen LogP contribution in [0.4, 0.5) is 0 Å². The number of rotatable bonds is 0. The van der Waals surface area contributed by atoms with Gasteiger partial charge in [-0.3, -0.25) is 0 Å². The van der Waals surface area contributed by atoms with Crippen molar-refractivity contribution >= 4 is 174 Å². The standard InChI is InChI=1S/18ClH.5Rh/h18*1H;;;;;/q;;;;;;;;;;;;;;;;;;2*+3;3*+4/p-18. The van der Waals surface area contributed by atoms with Crippen molar-refractivity contribution in [3.63, 3.8) is 0 Å². The predicted octanol–water partition coefficient (Wildman–Crippen LogP) is 12.4. The van der Waals surface area contributed by atoms with Crippen LogP contribution in [0.25, 0.3) is 0 Å². The summed E-state index contributed by atoms with van der Waals surface area (Å²) in [6.07, 6.45) is 0. The number of halogens is 18. The van der Waals surface area contributed by atoms with Crippen molar-refractivity contribution in [3.05, 3.63) is 0 Å². The summed E-state index contributed by atoms with van der Waals surface area (Å²) in [5.74, 6) is 0. The zero-order valence-electron chi connectivity index (χ0n) is 8.47. The molecular weight excluding hydrogens is 1150 g/mol. The normalized spacial score (nSPS) is 21.1. The SMILES string of the molecule is [Cl][Rh-2]([Cl])([Cl])([Cl])([Cl])[Cl].[Cl][Rh-2]([Cl])([Cl])([Cl])([Cl])[Cl].[Cl][Rh-2]([Cl])([Cl])([Cl])([Cl])[Cl].[Rh+3].[Rh+3]. The first-order valence-electron chi connectivity index (χ1n) is 2.27. The van der Waals surface area contributed by atoms with Crippen LogP contribution in [0.5, 0.6) is 0 Å². The van der Waals surface area contributed by atoms with Gasteiger partial charge in [-0.15, -0.1) is 0 Å². The first-order valence-corrected chi connectivity index (χ1v) is 40.2. The van der Waals surface area contributed by atoms with Crippen LogP contribution >= 0.6 is 174 Å². The molecule has 0 unspecified atom stereocenters. The van der Waals surface area contributed by atoms with Crippen molar-refractivity contribution < 1.29 is 58.4 Å². The quantitative estimate of drug-likeness (QED) is 0.212. The van der Waals surface area contributed by atoms with Crippen molar-refractivity contribution in [2.24, 2.45) is 0 Å². The minimum Gasteiger partial charge on any atom is 3.00 e. The van der Waals surface area contributed by atoms with E-state index in [1.54, 1.807) is 0 Å². The van der Waals surface area contributed by atoms with Gasteiger partial charge in [0.2, 0.25) is 0 Å². The maximum Gasteiger partial charge on any atom is 3.00 e. The molecule has 0 rings (SSSR count). The van der Waals surface area contributed by atoms with Crippen LogP contribution in [0.1, 0.15) is 0 Å². The molecular formula is Cl18Rh5. The molecule has 0 bridgehead atoms. The van der Waals surface area contributed by atoms with Gasteiger partial charge in [0.05, 0.1) is 0 Å². The largest absolute Gasteiger partial charge is 3.00 e. The smallest absolute Gasteiger partial charge is 3.00 e. The van der Waals surface area contributed by atoms with Crippen molar-refractivity contribution in [2.45, 2.75) is 0 Å². The van der Waals surface area contributed by atoms with E-state index >= 15 is 0 Å². The summed E-state index contributed by atoms with van der Waals surface area (Å²) in [5.41, 5.74) is 0. The van der Waals surface area contributed by atoms with E-state index in [-0.39, 0.29) is 39.0 Å². The monoisotopic (exact) mass is 1140 g/mol. The third-order valence-electron chi connectivity index (χ3n) is 0. The molecule has 0 saturated heterocycles. The Bertz CT molecular complexity index is 265. The Morgan fingerprint density at radius 1 is 0.217 bits per heavy atom. The summed E-state index contributed by atoms with van der Waals surface area (Å²) in [6, 6.07) is 0. The van der Waals surface area contributed by atoms with Crippen molar-refractivity contribution in [3.8, 4) is 0 Å². The Labute approximate surface area is 227 Å². The molecule has 0 aromatic heterocycles. The van der Waals surface area contributed by atoms with Crippen LogP contribution in [-0.2, 0) is 58.4 Å². The summed E-state index contributed by atoms with van der Waals surface area (Å²) < 4.78 is 0. The van der Waals surface area contributed by atoms with Gasteiger partial charge in [-0.25, -0.2) is 0 Å². The van der Waals surface area contributed by atoms with Crippen molar-refractivity contribution in [1.82, 2.24) is 0 Å². The molecule has 0 spiro atoms.